The van der Waals surface area contributed by atoms with Gasteiger partial charge in [0.2, 0.25) is 0 Å². The van der Waals surface area contributed by atoms with E-state index >= 15 is 0 Å². The summed E-state index contributed by atoms with van der Waals surface area (Å²) < 4.78 is 5.39. The largest absolute Gasteiger partial charge is 0.495 e. The van der Waals surface area contributed by atoms with Crippen LogP contribution in [0.3, 0.4) is 0 Å². The molecule has 144 valence electrons. The van der Waals surface area contributed by atoms with Crippen molar-refractivity contribution in [2.45, 2.75) is 20.8 Å². The number of aromatic nitrogens is 2. The fourth-order valence-electron chi connectivity index (χ4n) is 2.76. The smallest absolute Gasteiger partial charge is 0.274 e. The highest BCUT2D eigenvalue weighted by Gasteiger charge is 2.13. The number of halogens is 1. The Hall–Kier alpha value is -3.12. The van der Waals surface area contributed by atoms with Gasteiger partial charge in [0.15, 0.2) is 0 Å². The number of amides is 1. The molecular weight excluding hydrogens is 376 g/mol. The monoisotopic (exact) mass is 396 g/mol. The molecule has 0 aliphatic rings. The lowest BCUT2D eigenvalue weighted by molar-refractivity contribution is 0.102. The molecule has 0 radical (unpaired) electrons. The summed E-state index contributed by atoms with van der Waals surface area (Å²) in [5, 5.41) is 6.69. The number of methoxy groups -OCH3 is 1. The van der Waals surface area contributed by atoms with Gasteiger partial charge in [-0.1, -0.05) is 17.7 Å². The zero-order valence-electron chi connectivity index (χ0n) is 16.1. The molecule has 0 unspecified atom stereocenters. The summed E-state index contributed by atoms with van der Waals surface area (Å²) in [6, 6.07) is 12.7. The van der Waals surface area contributed by atoms with Crippen molar-refractivity contribution in [3.8, 4) is 5.75 Å². The standard InChI is InChI=1S/C21H21ClN4O2/c1-12-5-8-19(28-4)17(9-12)25-20-11-18(23-14(3)24-20)21(27)26-16-7-6-15(22)10-13(16)2/h5-11H,1-4H3,(H,26,27)(H,23,24,25). The van der Waals surface area contributed by atoms with Crippen LogP contribution in [0.1, 0.15) is 27.4 Å². The highest BCUT2D eigenvalue weighted by molar-refractivity contribution is 6.30. The van der Waals surface area contributed by atoms with E-state index in [0.29, 0.717) is 28.1 Å². The summed E-state index contributed by atoms with van der Waals surface area (Å²) in [7, 11) is 1.61. The van der Waals surface area contributed by atoms with Gasteiger partial charge in [-0.25, -0.2) is 9.97 Å². The second-order valence-corrected chi connectivity index (χ2v) is 6.86. The molecule has 0 aliphatic carbocycles. The number of nitrogens with zero attached hydrogens (tertiary/aromatic N) is 2. The average Bonchev–Trinajstić information content (AvgIpc) is 2.63. The SMILES string of the molecule is COc1ccc(C)cc1Nc1cc(C(=O)Nc2ccc(Cl)cc2C)nc(C)n1. The number of carbonyl (C=O) groups excluding carboxylic acids is 1. The molecule has 0 saturated heterocycles. The molecule has 0 fully saturated rings. The number of benzene rings is 2. The third kappa shape index (κ3) is 4.58. The van der Waals surface area contributed by atoms with Crippen LogP contribution < -0.4 is 15.4 Å². The van der Waals surface area contributed by atoms with E-state index in [1.54, 1.807) is 38.3 Å². The van der Waals surface area contributed by atoms with Crippen LogP contribution in [0.5, 0.6) is 5.75 Å². The number of carbonyl (C=O) groups is 1. The highest BCUT2D eigenvalue weighted by Crippen LogP contribution is 2.28. The van der Waals surface area contributed by atoms with Crippen molar-refractivity contribution in [3.05, 3.63) is 70.1 Å². The average molecular weight is 397 g/mol. The van der Waals surface area contributed by atoms with Crippen molar-refractivity contribution in [2.24, 2.45) is 0 Å². The molecule has 6 nitrogen and oxygen atoms in total. The molecule has 2 N–H and O–H groups in total. The predicted octanol–water partition coefficient (Wildman–Crippen LogP) is 5.06. The van der Waals surface area contributed by atoms with Gasteiger partial charge in [0.1, 0.15) is 23.1 Å². The minimum atomic E-state index is -0.324. The third-order valence-electron chi connectivity index (χ3n) is 4.12. The van der Waals surface area contributed by atoms with Gasteiger partial charge in [-0.3, -0.25) is 4.79 Å². The Kier molecular flexibility index (Phi) is 5.80. The number of hydrogen-bond donors (Lipinski definition) is 2. The Morgan fingerprint density at radius 3 is 2.50 bits per heavy atom. The van der Waals surface area contributed by atoms with Crippen LogP contribution in [0.4, 0.5) is 17.2 Å². The van der Waals surface area contributed by atoms with Crippen molar-refractivity contribution >= 4 is 34.7 Å². The maximum atomic E-state index is 12.7. The van der Waals surface area contributed by atoms with Crippen molar-refractivity contribution in [3.63, 3.8) is 0 Å². The minimum Gasteiger partial charge on any atom is -0.495 e. The Morgan fingerprint density at radius 1 is 1.00 bits per heavy atom. The summed E-state index contributed by atoms with van der Waals surface area (Å²) in [5.41, 5.74) is 3.65. The first-order valence-corrected chi connectivity index (χ1v) is 9.08. The Labute approximate surface area is 168 Å². The summed E-state index contributed by atoms with van der Waals surface area (Å²) in [5.74, 6) is 1.35. The fraction of sp³-hybridized carbons (Fsp3) is 0.190. The van der Waals surface area contributed by atoms with Crippen LogP contribution in [0.25, 0.3) is 0 Å². The third-order valence-corrected chi connectivity index (χ3v) is 4.36. The zero-order valence-corrected chi connectivity index (χ0v) is 16.9. The number of anilines is 3. The van der Waals surface area contributed by atoms with Gasteiger partial charge in [0.05, 0.1) is 12.8 Å². The van der Waals surface area contributed by atoms with Crippen molar-refractivity contribution in [2.75, 3.05) is 17.7 Å². The van der Waals surface area contributed by atoms with Gasteiger partial charge in [0.25, 0.3) is 5.91 Å². The second kappa shape index (κ2) is 8.27. The summed E-state index contributed by atoms with van der Waals surface area (Å²) in [6.45, 7) is 5.61. The van der Waals surface area contributed by atoms with Crippen LogP contribution in [0.15, 0.2) is 42.5 Å². The van der Waals surface area contributed by atoms with Gasteiger partial charge in [-0.05, 0) is 62.2 Å². The van der Waals surface area contributed by atoms with Gasteiger partial charge in [-0.15, -0.1) is 0 Å². The minimum absolute atomic E-state index is 0.260. The number of nitrogens with one attached hydrogen (secondary N) is 2. The van der Waals surface area contributed by atoms with E-state index < -0.39 is 0 Å². The van der Waals surface area contributed by atoms with E-state index in [0.717, 1.165) is 16.8 Å². The molecule has 28 heavy (non-hydrogen) atoms. The molecule has 2 aromatic carbocycles. The first-order valence-electron chi connectivity index (χ1n) is 8.70. The topological polar surface area (TPSA) is 76.1 Å². The lowest BCUT2D eigenvalue weighted by Crippen LogP contribution is -2.16. The van der Waals surface area contributed by atoms with E-state index in [-0.39, 0.29) is 11.6 Å². The lowest BCUT2D eigenvalue weighted by Gasteiger charge is -2.13. The van der Waals surface area contributed by atoms with Gasteiger partial charge in [0, 0.05) is 16.8 Å². The van der Waals surface area contributed by atoms with E-state index in [9.17, 15) is 4.79 Å². The van der Waals surface area contributed by atoms with Crippen LogP contribution in [0.2, 0.25) is 5.02 Å². The molecule has 1 amide bonds. The quantitative estimate of drug-likeness (QED) is 0.630. The summed E-state index contributed by atoms with van der Waals surface area (Å²) in [6.07, 6.45) is 0. The summed E-state index contributed by atoms with van der Waals surface area (Å²) in [4.78, 5) is 21.3. The van der Waals surface area contributed by atoms with Crippen LogP contribution in [-0.4, -0.2) is 23.0 Å². The first kappa shape index (κ1) is 19.6. The predicted molar refractivity (Wildman–Crippen MR) is 112 cm³/mol. The van der Waals surface area contributed by atoms with Gasteiger partial charge < -0.3 is 15.4 Å². The lowest BCUT2D eigenvalue weighted by atomic mass is 10.2. The van der Waals surface area contributed by atoms with Crippen LogP contribution in [0, 0.1) is 20.8 Å². The van der Waals surface area contributed by atoms with E-state index in [1.807, 2.05) is 32.0 Å². The van der Waals surface area contributed by atoms with Crippen molar-refractivity contribution < 1.29 is 9.53 Å². The Morgan fingerprint density at radius 2 is 1.79 bits per heavy atom. The number of rotatable bonds is 5. The molecule has 0 aliphatic heterocycles. The van der Waals surface area contributed by atoms with Crippen molar-refractivity contribution in [1.29, 1.82) is 0 Å². The maximum absolute atomic E-state index is 12.7. The fourth-order valence-corrected chi connectivity index (χ4v) is 2.99. The number of hydrogen-bond acceptors (Lipinski definition) is 5. The van der Waals surface area contributed by atoms with Gasteiger partial charge >= 0.3 is 0 Å². The van der Waals surface area contributed by atoms with E-state index in [4.69, 9.17) is 16.3 Å². The Balaban J connectivity index is 1.87. The molecule has 0 spiro atoms. The maximum Gasteiger partial charge on any atom is 0.274 e. The molecule has 0 saturated carbocycles. The first-order chi connectivity index (χ1) is 13.4. The molecule has 3 rings (SSSR count). The zero-order chi connectivity index (χ0) is 20.3. The molecule has 1 aromatic heterocycles. The number of aryl methyl sites for hydroxylation is 3. The van der Waals surface area contributed by atoms with E-state index in [1.165, 1.54) is 0 Å². The molecule has 3 aromatic rings. The highest BCUT2D eigenvalue weighted by atomic mass is 35.5. The normalized spacial score (nSPS) is 10.5. The second-order valence-electron chi connectivity index (χ2n) is 6.43. The van der Waals surface area contributed by atoms with E-state index in [2.05, 4.69) is 20.6 Å². The van der Waals surface area contributed by atoms with Crippen LogP contribution in [-0.2, 0) is 0 Å². The Bertz CT molecular complexity index is 1040. The van der Waals surface area contributed by atoms with Gasteiger partial charge in [-0.2, -0.15) is 0 Å². The molecular formula is C21H21ClN4O2. The van der Waals surface area contributed by atoms with Crippen LogP contribution >= 0.6 is 11.6 Å². The number of ether oxygens (including phenoxy) is 1. The van der Waals surface area contributed by atoms with Crippen molar-refractivity contribution in [1.82, 2.24) is 9.97 Å². The molecule has 0 atom stereocenters. The summed E-state index contributed by atoms with van der Waals surface area (Å²) >= 11 is 5.97. The molecule has 0 bridgehead atoms. The molecule has 1 heterocycles. The molecule has 7 heteroatoms.